The van der Waals surface area contributed by atoms with Crippen LogP contribution in [0.1, 0.15) is 46.0 Å². The van der Waals surface area contributed by atoms with E-state index in [9.17, 15) is 14.7 Å². The van der Waals surface area contributed by atoms with Gasteiger partial charge in [-0.25, -0.2) is 0 Å². The third kappa shape index (κ3) is 4.11. The Morgan fingerprint density at radius 1 is 1.59 bits per heavy atom. The molecule has 0 radical (unpaired) electrons. The number of aliphatic hydroxyl groups is 1. The van der Waals surface area contributed by atoms with E-state index < -0.39 is 0 Å². The van der Waals surface area contributed by atoms with Gasteiger partial charge in [-0.2, -0.15) is 0 Å². The first-order valence-corrected chi connectivity index (χ1v) is 6.41. The van der Waals surface area contributed by atoms with Gasteiger partial charge in [0.05, 0.1) is 13.0 Å². The average Bonchev–Trinajstić information content (AvgIpc) is 2.61. The highest BCUT2D eigenvalue weighted by Gasteiger charge is 2.34. The number of Topliss-reactive ketones (excluding diaryl/α,β-unsaturated/α-hetero) is 1. The zero-order valence-corrected chi connectivity index (χ0v) is 10.6. The summed E-state index contributed by atoms with van der Waals surface area (Å²) in [5, 5.41) is 9.25. The summed E-state index contributed by atoms with van der Waals surface area (Å²) in [5.41, 5.74) is 0. The Morgan fingerprint density at radius 2 is 2.29 bits per heavy atom. The van der Waals surface area contributed by atoms with E-state index in [1.165, 1.54) is 0 Å². The first kappa shape index (κ1) is 14.2. The molecule has 4 heteroatoms. The summed E-state index contributed by atoms with van der Waals surface area (Å²) in [6, 6.07) is 0. The third-order valence-corrected chi connectivity index (χ3v) is 3.38. The number of aliphatic hydroxyl groups excluding tert-OH is 1. The fourth-order valence-electron chi connectivity index (χ4n) is 2.15. The highest BCUT2D eigenvalue weighted by Crippen LogP contribution is 2.27. The summed E-state index contributed by atoms with van der Waals surface area (Å²) in [6.45, 7) is 3.83. The van der Waals surface area contributed by atoms with Crippen molar-refractivity contribution >= 4 is 11.8 Å². The van der Waals surface area contributed by atoms with Crippen LogP contribution < -0.4 is 0 Å². The van der Waals surface area contributed by atoms with Crippen LogP contribution in [-0.2, 0) is 14.3 Å². The van der Waals surface area contributed by atoms with Crippen molar-refractivity contribution in [2.75, 3.05) is 6.61 Å². The molecule has 98 valence electrons. The molecular weight excluding hydrogens is 220 g/mol. The van der Waals surface area contributed by atoms with E-state index in [1.54, 1.807) is 0 Å². The number of esters is 1. The van der Waals surface area contributed by atoms with Crippen LogP contribution in [0.5, 0.6) is 0 Å². The highest BCUT2D eigenvalue weighted by molar-refractivity contribution is 5.81. The van der Waals surface area contributed by atoms with Gasteiger partial charge in [-0.1, -0.05) is 20.3 Å². The molecule has 1 N–H and O–H groups in total. The summed E-state index contributed by atoms with van der Waals surface area (Å²) in [7, 11) is 0. The van der Waals surface area contributed by atoms with E-state index in [0.29, 0.717) is 19.3 Å². The largest absolute Gasteiger partial charge is 0.462 e. The van der Waals surface area contributed by atoms with Crippen molar-refractivity contribution in [3.05, 3.63) is 0 Å². The molecule has 1 heterocycles. The molecule has 17 heavy (non-hydrogen) atoms. The lowest BCUT2D eigenvalue weighted by atomic mass is 9.90. The number of unbranched alkanes of at least 4 members (excludes halogenated alkanes) is 1. The molecule has 1 aliphatic heterocycles. The van der Waals surface area contributed by atoms with E-state index in [0.717, 1.165) is 12.8 Å². The number of ether oxygens (including phenoxy) is 1. The Kier molecular flexibility index (Phi) is 5.62. The predicted octanol–water partition coefficient (Wildman–Crippen LogP) is 1.70. The van der Waals surface area contributed by atoms with Crippen molar-refractivity contribution in [3.8, 4) is 0 Å². The Balaban J connectivity index is 2.46. The monoisotopic (exact) mass is 242 g/mol. The lowest BCUT2D eigenvalue weighted by Gasteiger charge is -2.19. The summed E-state index contributed by atoms with van der Waals surface area (Å²) >= 11 is 0. The molecule has 0 saturated carbocycles. The number of ketones is 1. The number of rotatable bonds is 7. The Morgan fingerprint density at radius 3 is 2.76 bits per heavy atom. The summed E-state index contributed by atoms with van der Waals surface area (Å²) in [4.78, 5) is 22.9. The second kappa shape index (κ2) is 6.74. The molecule has 1 unspecified atom stereocenters. The SMILES string of the molecule is CCCCC(=O)C(CO)C[C@@H]1OC(=O)C[C@H]1C. The maximum atomic E-state index is 11.8. The van der Waals surface area contributed by atoms with Crippen LogP contribution in [0.15, 0.2) is 0 Å². The molecule has 1 fully saturated rings. The zero-order chi connectivity index (χ0) is 12.8. The molecule has 1 aliphatic rings. The third-order valence-electron chi connectivity index (χ3n) is 3.38. The van der Waals surface area contributed by atoms with Crippen LogP contribution in [0.3, 0.4) is 0 Å². The molecular formula is C13H22O4. The summed E-state index contributed by atoms with van der Waals surface area (Å²) < 4.78 is 5.16. The Bertz CT molecular complexity index is 275. The summed E-state index contributed by atoms with van der Waals surface area (Å²) in [5.74, 6) is -0.333. The van der Waals surface area contributed by atoms with Gasteiger partial charge in [0.2, 0.25) is 0 Å². The van der Waals surface area contributed by atoms with Crippen molar-refractivity contribution in [3.63, 3.8) is 0 Å². The maximum absolute atomic E-state index is 11.8. The molecule has 3 atom stereocenters. The second-order valence-electron chi connectivity index (χ2n) is 4.89. The lowest BCUT2D eigenvalue weighted by Crippen LogP contribution is -2.26. The van der Waals surface area contributed by atoms with Crippen molar-refractivity contribution in [1.82, 2.24) is 0 Å². The topological polar surface area (TPSA) is 63.6 Å². The number of hydrogen-bond donors (Lipinski definition) is 1. The first-order valence-electron chi connectivity index (χ1n) is 6.41. The van der Waals surface area contributed by atoms with Crippen LogP contribution in [0.4, 0.5) is 0 Å². The fourth-order valence-corrected chi connectivity index (χ4v) is 2.15. The Hall–Kier alpha value is -0.900. The minimum atomic E-state index is -0.375. The van der Waals surface area contributed by atoms with E-state index in [4.69, 9.17) is 4.74 Å². The lowest BCUT2D eigenvalue weighted by molar-refractivity contribution is -0.143. The number of hydrogen-bond acceptors (Lipinski definition) is 4. The molecule has 1 rings (SSSR count). The number of carbonyl (C=O) groups is 2. The van der Waals surface area contributed by atoms with Gasteiger partial charge in [0.15, 0.2) is 0 Å². The van der Waals surface area contributed by atoms with Gasteiger partial charge < -0.3 is 9.84 Å². The molecule has 0 aliphatic carbocycles. The van der Waals surface area contributed by atoms with Gasteiger partial charge in [0, 0.05) is 18.3 Å². The van der Waals surface area contributed by atoms with Gasteiger partial charge in [-0.05, 0) is 12.8 Å². The standard InChI is InChI=1S/C13H22O4/c1-3-4-5-11(15)10(8-14)7-12-9(2)6-13(16)17-12/h9-10,12,14H,3-8H2,1-2H3/t9-,10?,12+/m1/s1. The molecule has 0 spiro atoms. The minimum Gasteiger partial charge on any atom is -0.462 e. The summed E-state index contributed by atoms with van der Waals surface area (Å²) in [6.07, 6.45) is 3.02. The molecule has 0 bridgehead atoms. The van der Waals surface area contributed by atoms with Crippen molar-refractivity contribution in [1.29, 1.82) is 0 Å². The van der Waals surface area contributed by atoms with Crippen molar-refractivity contribution < 1.29 is 19.4 Å². The maximum Gasteiger partial charge on any atom is 0.306 e. The average molecular weight is 242 g/mol. The minimum absolute atomic E-state index is 0.0875. The van der Waals surface area contributed by atoms with Crippen LogP contribution >= 0.6 is 0 Å². The van der Waals surface area contributed by atoms with Gasteiger partial charge >= 0.3 is 5.97 Å². The van der Waals surface area contributed by atoms with Crippen LogP contribution in [0.25, 0.3) is 0 Å². The van der Waals surface area contributed by atoms with Gasteiger partial charge in [-0.3, -0.25) is 9.59 Å². The van der Waals surface area contributed by atoms with Gasteiger partial charge in [-0.15, -0.1) is 0 Å². The smallest absolute Gasteiger partial charge is 0.306 e. The predicted molar refractivity (Wildman–Crippen MR) is 63.4 cm³/mol. The van der Waals surface area contributed by atoms with Gasteiger partial charge in [0.1, 0.15) is 11.9 Å². The van der Waals surface area contributed by atoms with Crippen molar-refractivity contribution in [2.45, 2.75) is 52.1 Å². The van der Waals surface area contributed by atoms with Crippen LogP contribution in [-0.4, -0.2) is 29.6 Å². The van der Waals surface area contributed by atoms with E-state index >= 15 is 0 Å². The van der Waals surface area contributed by atoms with E-state index in [-0.39, 0.29) is 36.3 Å². The molecule has 0 amide bonds. The number of cyclic esters (lactones) is 1. The van der Waals surface area contributed by atoms with Crippen molar-refractivity contribution in [2.24, 2.45) is 11.8 Å². The quantitative estimate of drug-likeness (QED) is 0.690. The molecule has 0 aromatic carbocycles. The first-order chi connectivity index (χ1) is 8.08. The Labute approximate surface area is 102 Å². The van der Waals surface area contributed by atoms with Crippen LogP contribution in [0, 0.1) is 11.8 Å². The fraction of sp³-hybridized carbons (Fsp3) is 0.846. The second-order valence-corrected chi connectivity index (χ2v) is 4.89. The van der Waals surface area contributed by atoms with Gasteiger partial charge in [0.25, 0.3) is 0 Å². The normalized spacial score (nSPS) is 25.7. The highest BCUT2D eigenvalue weighted by atomic mass is 16.5. The molecule has 4 nitrogen and oxygen atoms in total. The molecule has 0 aromatic heterocycles. The van der Waals surface area contributed by atoms with E-state index in [1.807, 2.05) is 13.8 Å². The zero-order valence-electron chi connectivity index (χ0n) is 10.6. The van der Waals surface area contributed by atoms with E-state index in [2.05, 4.69) is 0 Å². The van der Waals surface area contributed by atoms with Crippen LogP contribution in [0.2, 0.25) is 0 Å². The molecule has 0 aromatic rings. The molecule has 1 saturated heterocycles. The number of carbonyl (C=O) groups excluding carboxylic acids is 2.